The SMILES string of the molecule is CCCCOc1ccc(C2CC(O)C2(C)C)cc1OC. The van der Waals surface area contributed by atoms with Crippen molar-refractivity contribution in [1.82, 2.24) is 0 Å². The summed E-state index contributed by atoms with van der Waals surface area (Å²) in [6, 6.07) is 6.15. The minimum atomic E-state index is -0.209. The molecule has 1 aromatic rings. The summed E-state index contributed by atoms with van der Waals surface area (Å²) >= 11 is 0. The Bertz CT molecular complexity index is 454. The highest BCUT2D eigenvalue weighted by molar-refractivity contribution is 5.45. The van der Waals surface area contributed by atoms with Crippen molar-refractivity contribution >= 4 is 0 Å². The Morgan fingerprint density at radius 1 is 1.30 bits per heavy atom. The molecule has 3 nitrogen and oxygen atoms in total. The Morgan fingerprint density at radius 2 is 2.05 bits per heavy atom. The van der Waals surface area contributed by atoms with Gasteiger partial charge in [-0.05, 0) is 41.9 Å². The zero-order valence-electron chi connectivity index (χ0n) is 13.0. The van der Waals surface area contributed by atoms with Crippen LogP contribution in [0, 0.1) is 5.41 Å². The Kier molecular flexibility index (Phi) is 4.59. The number of aliphatic hydroxyl groups is 1. The molecule has 1 N–H and O–H groups in total. The van der Waals surface area contributed by atoms with Crippen LogP contribution in [0.2, 0.25) is 0 Å². The first-order chi connectivity index (χ1) is 9.50. The number of rotatable bonds is 6. The van der Waals surface area contributed by atoms with Crippen LogP contribution in [-0.4, -0.2) is 24.9 Å². The van der Waals surface area contributed by atoms with E-state index in [0.29, 0.717) is 5.92 Å². The van der Waals surface area contributed by atoms with Gasteiger partial charge in [0.05, 0.1) is 19.8 Å². The molecule has 1 fully saturated rings. The van der Waals surface area contributed by atoms with E-state index in [1.54, 1.807) is 7.11 Å². The van der Waals surface area contributed by atoms with Crippen LogP contribution in [-0.2, 0) is 0 Å². The first kappa shape index (κ1) is 15.2. The molecule has 20 heavy (non-hydrogen) atoms. The molecule has 2 rings (SSSR count). The second-order valence-corrected chi connectivity index (χ2v) is 6.24. The largest absolute Gasteiger partial charge is 0.493 e. The van der Waals surface area contributed by atoms with Crippen LogP contribution in [0.15, 0.2) is 18.2 Å². The molecular formula is C17H26O3. The van der Waals surface area contributed by atoms with Gasteiger partial charge in [-0.1, -0.05) is 33.3 Å². The number of ether oxygens (including phenoxy) is 2. The van der Waals surface area contributed by atoms with Gasteiger partial charge in [-0.3, -0.25) is 0 Å². The monoisotopic (exact) mass is 278 g/mol. The molecule has 3 heteroatoms. The van der Waals surface area contributed by atoms with Gasteiger partial charge in [-0.15, -0.1) is 0 Å². The van der Waals surface area contributed by atoms with Crippen molar-refractivity contribution in [2.75, 3.05) is 13.7 Å². The quantitative estimate of drug-likeness (QED) is 0.805. The number of benzene rings is 1. The van der Waals surface area contributed by atoms with Crippen LogP contribution in [0.1, 0.15) is 51.5 Å². The molecule has 2 unspecified atom stereocenters. The molecular weight excluding hydrogens is 252 g/mol. The lowest BCUT2D eigenvalue weighted by atomic mass is 9.58. The molecule has 0 saturated heterocycles. The average molecular weight is 278 g/mol. The molecule has 0 amide bonds. The summed E-state index contributed by atoms with van der Waals surface area (Å²) in [6.45, 7) is 7.10. The van der Waals surface area contributed by atoms with Gasteiger partial charge in [-0.2, -0.15) is 0 Å². The predicted octanol–water partition coefficient (Wildman–Crippen LogP) is 3.75. The summed E-state index contributed by atoms with van der Waals surface area (Å²) in [5.41, 5.74) is 1.16. The van der Waals surface area contributed by atoms with Crippen LogP contribution in [0.5, 0.6) is 11.5 Å². The average Bonchev–Trinajstić information content (AvgIpc) is 2.45. The van der Waals surface area contributed by atoms with Crippen molar-refractivity contribution in [3.63, 3.8) is 0 Å². The lowest BCUT2D eigenvalue weighted by Gasteiger charge is -2.49. The van der Waals surface area contributed by atoms with Gasteiger partial charge in [0.25, 0.3) is 0 Å². The third-order valence-electron chi connectivity index (χ3n) is 4.56. The van der Waals surface area contributed by atoms with E-state index in [-0.39, 0.29) is 11.5 Å². The topological polar surface area (TPSA) is 38.7 Å². The molecule has 1 aliphatic carbocycles. The molecule has 0 aromatic heterocycles. The Hall–Kier alpha value is -1.22. The fourth-order valence-electron chi connectivity index (χ4n) is 2.81. The maximum Gasteiger partial charge on any atom is 0.161 e. The van der Waals surface area contributed by atoms with Crippen molar-refractivity contribution in [2.45, 2.75) is 52.1 Å². The minimum Gasteiger partial charge on any atom is -0.493 e. The van der Waals surface area contributed by atoms with Crippen LogP contribution in [0.25, 0.3) is 0 Å². The molecule has 0 heterocycles. The van der Waals surface area contributed by atoms with Crippen molar-refractivity contribution < 1.29 is 14.6 Å². The summed E-state index contributed by atoms with van der Waals surface area (Å²) in [4.78, 5) is 0. The first-order valence-corrected chi connectivity index (χ1v) is 7.49. The highest BCUT2D eigenvalue weighted by Crippen LogP contribution is 2.53. The Labute approximate surface area is 121 Å². The number of methoxy groups -OCH3 is 1. The summed E-state index contributed by atoms with van der Waals surface area (Å²) < 4.78 is 11.2. The fraction of sp³-hybridized carbons (Fsp3) is 0.647. The number of hydrogen-bond donors (Lipinski definition) is 1. The van der Waals surface area contributed by atoms with Gasteiger partial charge in [0, 0.05) is 0 Å². The number of aliphatic hydroxyl groups excluding tert-OH is 1. The van der Waals surface area contributed by atoms with E-state index in [0.717, 1.165) is 37.4 Å². The zero-order valence-corrected chi connectivity index (χ0v) is 13.0. The van der Waals surface area contributed by atoms with Crippen molar-refractivity contribution in [3.05, 3.63) is 23.8 Å². The highest BCUT2D eigenvalue weighted by atomic mass is 16.5. The smallest absolute Gasteiger partial charge is 0.161 e. The van der Waals surface area contributed by atoms with E-state index in [4.69, 9.17) is 9.47 Å². The van der Waals surface area contributed by atoms with Gasteiger partial charge in [0.2, 0.25) is 0 Å². The van der Waals surface area contributed by atoms with Gasteiger partial charge in [-0.25, -0.2) is 0 Å². The molecule has 2 atom stereocenters. The third kappa shape index (κ3) is 2.78. The fourth-order valence-corrected chi connectivity index (χ4v) is 2.81. The molecule has 0 aliphatic heterocycles. The Morgan fingerprint density at radius 3 is 2.60 bits per heavy atom. The van der Waals surface area contributed by atoms with E-state index in [1.165, 1.54) is 5.56 Å². The number of unbranched alkanes of at least 4 members (excludes halogenated alkanes) is 1. The van der Waals surface area contributed by atoms with E-state index in [1.807, 2.05) is 6.07 Å². The van der Waals surface area contributed by atoms with Gasteiger partial charge in [0.1, 0.15) is 0 Å². The van der Waals surface area contributed by atoms with Crippen LogP contribution < -0.4 is 9.47 Å². The highest BCUT2D eigenvalue weighted by Gasteiger charge is 2.47. The van der Waals surface area contributed by atoms with E-state index in [2.05, 4.69) is 32.9 Å². The standard InChI is InChI=1S/C17H26O3/c1-5-6-9-20-14-8-7-12(10-15(14)19-4)13-11-16(18)17(13,2)3/h7-8,10,13,16,18H,5-6,9,11H2,1-4H3. The lowest BCUT2D eigenvalue weighted by molar-refractivity contribution is -0.0626. The van der Waals surface area contributed by atoms with Crippen LogP contribution in [0.4, 0.5) is 0 Å². The van der Waals surface area contributed by atoms with E-state index >= 15 is 0 Å². The predicted molar refractivity (Wildman–Crippen MR) is 80.5 cm³/mol. The molecule has 1 aromatic carbocycles. The third-order valence-corrected chi connectivity index (χ3v) is 4.56. The molecule has 1 aliphatic rings. The van der Waals surface area contributed by atoms with Crippen molar-refractivity contribution in [2.24, 2.45) is 5.41 Å². The summed E-state index contributed by atoms with van der Waals surface area (Å²) in [5, 5.41) is 9.88. The molecule has 112 valence electrons. The van der Waals surface area contributed by atoms with Gasteiger partial charge in [0.15, 0.2) is 11.5 Å². The number of hydrogen-bond acceptors (Lipinski definition) is 3. The second kappa shape index (κ2) is 6.04. The maximum atomic E-state index is 9.88. The zero-order chi connectivity index (χ0) is 14.8. The molecule has 0 radical (unpaired) electrons. The minimum absolute atomic E-state index is 0.0599. The van der Waals surface area contributed by atoms with Crippen molar-refractivity contribution in [1.29, 1.82) is 0 Å². The summed E-state index contributed by atoms with van der Waals surface area (Å²) in [7, 11) is 1.67. The second-order valence-electron chi connectivity index (χ2n) is 6.24. The summed E-state index contributed by atoms with van der Waals surface area (Å²) in [6.07, 6.45) is 2.78. The first-order valence-electron chi connectivity index (χ1n) is 7.49. The van der Waals surface area contributed by atoms with Gasteiger partial charge < -0.3 is 14.6 Å². The van der Waals surface area contributed by atoms with E-state index < -0.39 is 0 Å². The van der Waals surface area contributed by atoms with Gasteiger partial charge >= 0.3 is 0 Å². The molecule has 1 saturated carbocycles. The normalized spacial score (nSPS) is 24.1. The van der Waals surface area contributed by atoms with Crippen LogP contribution in [0.3, 0.4) is 0 Å². The lowest BCUT2D eigenvalue weighted by Crippen LogP contribution is -2.47. The van der Waals surface area contributed by atoms with Crippen LogP contribution >= 0.6 is 0 Å². The molecule has 0 spiro atoms. The van der Waals surface area contributed by atoms with E-state index in [9.17, 15) is 5.11 Å². The Balaban J connectivity index is 2.13. The molecule has 0 bridgehead atoms. The summed E-state index contributed by atoms with van der Waals surface area (Å²) in [5.74, 6) is 1.98. The van der Waals surface area contributed by atoms with Crippen molar-refractivity contribution in [3.8, 4) is 11.5 Å². The maximum absolute atomic E-state index is 9.88.